The van der Waals surface area contributed by atoms with E-state index in [-0.39, 0.29) is 24.3 Å². The first-order valence-corrected chi connectivity index (χ1v) is 19.6. The third-order valence-electron chi connectivity index (χ3n) is 11.6. The Morgan fingerprint density at radius 2 is 1.79 bits per heavy atom. The number of aromatic nitrogens is 3. The molecule has 6 heterocycles. The molecular formula is C41H44F2N10O4. The summed E-state index contributed by atoms with van der Waals surface area (Å²) in [5, 5.41) is 17.0. The van der Waals surface area contributed by atoms with E-state index in [2.05, 4.69) is 42.3 Å². The van der Waals surface area contributed by atoms with Gasteiger partial charge in [-0.3, -0.25) is 24.7 Å². The van der Waals surface area contributed by atoms with Crippen molar-refractivity contribution in [1.82, 2.24) is 25.4 Å². The van der Waals surface area contributed by atoms with Gasteiger partial charge in [-0.15, -0.1) is 0 Å². The lowest BCUT2D eigenvalue weighted by atomic mass is 9.89. The molecule has 0 unspecified atom stereocenters. The third kappa shape index (κ3) is 7.41. The summed E-state index contributed by atoms with van der Waals surface area (Å²) in [7, 11) is 1.84. The van der Waals surface area contributed by atoms with E-state index in [1.54, 1.807) is 23.0 Å². The van der Waals surface area contributed by atoms with Gasteiger partial charge in [0, 0.05) is 86.9 Å². The molecule has 2 saturated heterocycles. The third-order valence-corrected chi connectivity index (χ3v) is 11.6. The van der Waals surface area contributed by atoms with Crippen molar-refractivity contribution in [2.75, 3.05) is 66.3 Å². The Morgan fingerprint density at radius 1 is 0.965 bits per heavy atom. The summed E-state index contributed by atoms with van der Waals surface area (Å²) in [4.78, 5) is 50.8. The van der Waals surface area contributed by atoms with Crippen molar-refractivity contribution < 1.29 is 27.9 Å². The molecular weight excluding hydrogens is 735 g/mol. The van der Waals surface area contributed by atoms with E-state index in [0.717, 1.165) is 48.6 Å². The molecule has 4 aromatic rings. The zero-order valence-corrected chi connectivity index (χ0v) is 31.8. The zero-order valence-electron chi connectivity index (χ0n) is 31.8. The first-order chi connectivity index (χ1) is 27.6. The number of nitrogens with one attached hydrogen (secondary N) is 4. The van der Waals surface area contributed by atoms with Crippen LogP contribution in [0.4, 0.5) is 31.5 Å². The summed E-state index contributed by atoms with van der Waals surface area (Å²) in [5.74, 6) is -1.61. The number of nitrogens with zero attached hydrogens (tertiary/aromatic N) is 6. The van der Waals surface area contributed by atoms with Crippen LogP contribution in [0.25, 0.3) is 11.3 Å². The molecule has 3 fully saturated rings. The number of rotatable bonds is 8. The minimum Gasteiger partial charge on any atom is -0.477 e. The maximum absolute atomic E-state index is 15.0. The van der Waals surface area contributed by atoms with Gasteiger partial charge in [0.2, 0.25) is 23.7 Å². The van der Waals surface area contributed by atoms with Gasteiger partial charge >= 0.3 is 0 Å². The van der Waals surface area contributed by atoms with Crippen molar-refractivity contribution in [3.8, 4) is 17.1 Å². The number of hydrogen-bond acceptors (Lipinski definition) is 11. The molecule has 5 aliphatic rings. The van der Waals surface area contributed by atoms with Crippen LogP contribution in [0.15, 0.2) is 53.7 Å². The Labute approximate surface area is 328 Å². The lowest BCUT2D eigenvalue weighted by Crippen LogP contribution is -2.51. The van der Waals surface area contributed by atoms with Crippen molar-refractivity contribution in [3.05, 3.63) is 77.1 Å². The number of aliphatic imine (C=N–C) groups is 1. The van der Waals surface area contributed by atoms with Crippen LogP contribution in [0.1, 0.15) is 53.2 Å². The van der Waals surface area contributed by atoms with Gasteiger partial charge in [0.25, 0.3) is 5.91 Å². The number of benzene rings is 2. The SMILES string of the molecule is Cc1cc2cc(n1)-c1cnn(C)c1OCC[C@H]1C[C@@H]1CN1/C(=N/C2=O)Nc2ccc(NCCNCC3CN(c4cc(F)c([C@H]5CCC(=O)NC5=O)c(F)c4)C3)cc21. The molecule has 0 spiro atoms. The molecule has 2 aromatic heterocycles. The summed E-state index contributed by atoms with van der Waals surface area (Å²) in [6, 6.07) is 12.2. The van der Waals surface area contributed by atoms with Gasteiger partial charge in [0.15, 0.2) is 0 Å². The van der Waals surface area contributed by atoms with Gasteiger partial charge in [-0.25, -0.2) is 13.5 Å². The Bertz CT molecular complexity index is 2280. The summed E-state index contributed by atoms with van der Waals surface area (Å²) in [5.41, 5.74) is 5.44. The number of carbonyl (C=O) groups excluding carboxylic acids is 3. The number of imide groups is 1. The molecule has 16 heteroatoms. The van der Waals surface area contributed by atoms with E-state index >= 15 is 8.78 Å². The average Bonchev–Trinajstić information content (AvgIpc) is 3.67. The first-order valence-electron chi connectivity index (χ1n) is 19.6. The van der Waals surface area contributed by atoms with E-state index in [9.17, 15) is 14.4 Å². The van der Waals surface area contributed by atoms with Crippen LogP contribution in [0, 0.1) is 36.3 Å². The van der Waals surface area contributed by atoms with E-state index in [4.69, 9.17) is 9.72 Å². The topological polar surface area (TPSA) is 158 Å². The number of anilines is 4. The first kappa shape index (κ1) is 36.7. The number of halogens is 2. The Kier molecular flexibility index (Phi) is 9.59. The Morgan fingerprint density at radius 3 is 2.60 bits per heavy atom. The van der Waals surface area contributed by atoms with Crippen LogP contribution in [0.2, 0.25) is 0 Å². The van der Waals surface area contributed by atoms with E-state index in [1.165, 1.54) is 12.1 Å². The standard InChI is InChI=1S/C41H44F2N10O4/c1-22-11-25-13-34(47-22)30-18-46-51(2)40(30)57-10-7-24-12-26(24)21-53-35-14-27(3-5-33(35)48-41(53)50-38(25)55)45-9-8-44-17-23-19-52(20-23)28-15-31(42)37(32(43)16-28)29-4-6-36(54)49-39(29)56/h3,5,11,13-16,18,23-24,26,29,44-45H,4,6-10,12,17,19-21H2,1-2H3,(H,48,50,55)(H,49,54,56)/t24-,26+,29+/m0/s1. The van der Waals surface area contributed by atoms with Crippen LogP contribution in [-0.2, 0) is 16.6 Å². The maximum atomic E-state index is 15.0. The van der Waals surface area contributed by atoms with Crippen LogP contribution in [0.5, 0.6) is 5.88 Å². The predicted molar refractivity (Wildman–Crippen MR) is 211 cm³/mol. The predicted octanol–water partition coefficient (Wildman–Crippen LogP) is 4.57. The van der Waals surface area contributed by atoms with Gasteiger partial charge in [-0.2, -0.15) is 10.1 Å². The maximum Gasteiger partial charge on any atom is 0.280 e. The minimum atomic E-state index is -1.01. The van der Waals surface area contributed by atoms with E-state index in [1.807, 2.05) is 31.0 Å². The minimum absolute atomic E-state index is 0.0531. The molecule has 296 valence electrons. The van der Waals surface area contributed by atoms with E-state index in [0.29, 0.717) is 85.0 Å². The largest absolute Gasteiger partial charge is 0.477 e. The fourth-order valence-corrected chi connectivity index (χ4v) is 8.41. The average molecular weight is 779 g/mol. The highest BCUT2D eigenvalue weighted by Crippen LogP contribution is 2.45. The molecule has 4 N–H and O–H groups in total. The molecule has 4 aliphatic heterocycles. The van der Waals surface area contributed by atoms with Crippen molar-refractivity contribution in [1.29, 1.82) is 0 Å². The van der Waals surface area contributed by atoms with Gasteiger partial charge in [0.05, 0.1) is 41.4 Å². The summed E-state index contributed by atoms with van der Waals surface area (Å²) >= 11 is 0. The second-order valence-corrected chi connectivity index (χ2v) is 15.7. The lowest BCUT2D eigenvalue weighted by Gasteiger charge is -2.41. The summed E-state index contributed by atoms with van der Waals surface area (Å²) in [6.45, 7) is 6.58. The zero-order chi connectivity index (χ0) is 39.4. The smallest absolute Gasteiger partial charge is 0.280 e. The molecule has 2 aromatic carbocycles. The van der Waals surface area contributed by atoms with E-state index < -0.39 is 29.4 Å². The van der Waals surface area contributed by atoms with Crippen molar-refractivity contribution >= 4 is 46.4 Å². The molecule has 1 saturated carbocycles. The highest BCUT2D eigenvalue weighted by molar-refractivity contribution is 6.19. The Hall–Kier alpha value is -5.90. The molecule has 9 rings (SSSR count). The number of hydrogen-bond donors (Lipinski definition) is 4. The number of guanidine groups is 1. The number of pyridine rings is 1. The number of carbonyl (C=O) groups is 3. The highest BCUT2D eigenvalue weighted by Gasteiger charge is 2.41. The molecule has 14 nitrogen and oxygen atoms in total. The highest BCUT2D eigenvalue weighted by atomic mass is 19.1. The quantitative estimate of drug-likeness (QED) is 0.147. The number of aryl methyl sites for hydroxylation is 2. The Balaban J connectivity index is 0.808. The monoisotopic (exact) mass is 778 g/mol. The van der Waals surface area contributed by atoms with Crippen LogP contribution in [-0.4, -0.2) is 84.3 Å². The molecule has 57 heavy (non-hydrogen) atoms. The molecule has 1 aliphatic carbocycles. The number of amides is 3. The number of ether oxygens (including phenoxy) is 1. The summed E-state index contributed by atoms with van der Waals surface area (Å²) in [6.07, 6.45) is 3.84. The normalized spacial score (nSPS) is 22.6. The van der Waals surface area contributed by atoms with Crippen molar-refractivity contribution in [2.45, 2.75) is 38.5 Å². The summed E-state index contributed by atoms with van der Waals surface area (Å²) < 4.78 is 38.0. The van der Waals surface area contributed by atoms with Crippen LogP contribution >= 0.6 is 0 Å². The second kappa shape index (κ2) is 14.9. The van der Waals surface area contributed by atoms with Crippen LogP contribution in [0.3, 0.4) is 0 Å². The fourth-order valence-electron chi connectivity index (χ4n) is 8.41. The number of piperidine rings is 1. The fraction of sp³-hybridized carbons (Fsp3) is 0.415. The molecule has 2 bridgehead atoms. The van der Waals surface area contributed by atoms with Crippen molar-refractivity contribution in [3.63, 3.8) is 0 Å². The van der Waals surface area contributed by atoms with Crippen molar-refractivity contribution in [2.24, 2.45) is 29.8 Å². The second-order valence-electron chi connectivity index (χ2n) is 15.7. The molecule has 3 amide bonds. The van der Waals surface area contributed by atoms with Gasteiger partial charge in [-0.05, 0) is 80.5 Å². The van der Waals surface area contributed by atoms with Gasteiger partial charge < -0.3 is 30.5 Å². The van der Waals surface area contributed by atoms with Gasteiger partial charge in [0.1, 0.15) is 11.6 Å². The van der Waals surface area contributed by atoms with Crippen LogP contribution < -0.4 is 35.8 Å². The van der Waals surface area contributed by atoms with Gasteiger partial charge in [-0.1, -0.05) is 0 Å². The number of fused-ring (bicyclic) bond motifs is 8. The molecule has 0 radical (unpaired) electrons. The lowest BCUT2D eigenvalue weighted by molar-refractivity contribution is -0.134. The molecule has 3 atom stereocenters.